The fourth-order valence-corrected chi connectivity index (χ4v) is 5.47. The Bertz CT molecular complexity index is 416. The largest absolute Gasteiger partial charge is 0.481 e. The number of aliphatic carboxylic acids is 1. The van der Waals surface area contributed by atoms with E-state index in [1.54, 1.807) is 0 Å². The topological polar surface area (TPSA) is 57.5 Å². The lowest BCUT2D eigenvalue weighted by Gasteiger charge is -2.57. The standard InChI is InChI=1S/C15H21F3O3/c1-14(21,15(16,17)18)12(13(19)20)11-9-3-7-2-8(5-9)6-10(11)4-7/h7-12,21H,2-6H2,1H3,(H,19,20). The van der Waals surface area contributed by atoms with Gasteiger partial charge in [0.15, 0.2) is 5.60 Å². The number of rotatable bonds is 3. The van der Waals surface area contributed by atoms with Gasteiger partial charge in [-0.1, -0.05) is 0 Å². The van der Waals surface area contributed by atoms with Crippen LogP contribution in [0.2, 0.25) is 0 Å². The average molecular weight is 306 g/mol. The summed E-state index contributed by atoms with van der Waals surface area (Å²) in [7, 11) is 0. The Morgan fingerprint density at radius 2 is 1.48 bits per heavy atom. The van der Waals surface area contributed by atoms with Gasteiger partial charge in [0.1, 0.15) is 0 Å². The van der Waals surface area contributed by atoms with Crippen LogP contribution in [0.3, 0.4) is 0 Å². The molecule has 0 heterocycles. The third-order valence-electron chi connectivity index (χ3n) is 6.13. The number of hydrogen-bond donors (Lipinski definition) is 2. The predicted octanol–water partition coefficient (Wildman–Crippen LogP) is 3.07. The SMILES string of the molecule is CC(O)(C(C(=O)O)C1C2CC3CC(C2)CC1C3)C(F)(F)F. The average Bonchev–Trinajstić information content (AvgIpc) is 2.30. The molecule has 2 N–H and O–H groups in total. The smallest absolute Gasteiger partial charge is 0.417 e. The molecule has 0 aromatic carbocycles. The monoisotopic (exact) mass is 306 g/mol. The molecule has 4 rings (SSSR count). The van der Waals surface area contributed by atoms with Crippen LogP contribution in [-0.4, -0.2) is 28.0 Å². The van der Waals surface area contributed by atoms with Crippen molar-refractivity contribution in [2.24, 2.45) is 35.5 Å². The molecule has 0 aromatic heterocycles. The fraction of sp³-hybridized carbons (Fsp3) is 0.933. The van der Waals surface area contributed by atoms with E-state index in [0.29, 0.717) is 18.8 Å². The van der Waals surface area contributed by atoms with Crippen molar-refractivity contribution >= 4 is 5.97 Å². The lowest BCUT2D eigenvalue weighted by molar-refractivity contribution is -0.285. The summed E-state index contributed by atoms with van der Waals surface area (Å²) in [5.74, 6) is -2.68. The molecule has 0 amide bonds. The third-order valence-corrected chi connectivity index (χ3v) is 6.13. The Morgan fingerprint density at radius 3 is 1.81 bits per heavy atom. The zero-order valence-electron chi connectivity index (χ0n) is 11.9. The van der Waals surface area contributed by atoms with Crippen LogP contribution < -0.4 is 0 Å². The quantitative estimate of drug-likeness (QED) is 0.842. The van der Waals surface area contributed by atoms with Crippen molar-refractivity contribution in [2.75, 3.05) is 0 Å². The number of aliphatic hydroxyl groups is 1. The molecule has 120 valence electrons. The molecule has 0 spiro atoms. The van der Waals surface area contributed by atoms with Gasteiger partial charge in [0.2, 0.25) is 0 Å². The van der Waals surface area contributed by atoms with Crippen molar-refractivity contribution in [3.8, 4) is 0 Å². The second kappa shape index (κ2) is 4.61. The van der Waals surface area contributed by atoms with E-state index in [4.69, 9.17) is 0 Å². The van der Waals surface area contributed by atoms with E-state index >= 15 is 0 Å². The number of halogens is 3. The first-order valence-electron chi connectivity index (χ1n) is 7.63. The van der Waals surface area contributed by atoms with Crippen molar-refractivity contribution in [1.82, 2.24) is 0 Å². The van der Waals surface area contributed by atoms with Gasteiger partial charge in [0.05, 0.1) is 5.92 Å². The molecule has 4 aliphatic carbocycles. The molecular formula is C15H21F3O3. The van der Waals surface area contributed by atoms with Gasteiger partial charge in [-0.15, -0.1) is 0 Å². The van der Waals surface area contributed by atoms with Crippen LogP contribution in [0.5, 0.6) is 0 Å². The number of hydrogen-bond acceptors (Lipinski definition) is 2. The minimum Gasteiger partial charge on any atom is -0.481 e. The summed E-state index contributed by atoms with van der Waals surface area (Å²) in [6.45, 7) is 0.622. The zero-order chi connectivity index (χ0) is 15.6. The minimum absolute atomic E-state index is 0.0242. The summed E-state index contributed by atoms with van der Waals surface area (Å²) >= 11 is 0. The molecule has 4 aliphatic rings. The highest BCUT2D eigenvalue weighted by Gasteiger charge is 2.63. The zero-order valence-corrected chi connectivity index (χ0v) is 11.9. The van der Waals surface area contributed by atoms with Crippen molar-refractivity contribution in [3.63, 3.8) is 0 Å². The Labute approximate surface area is 121 Å². The normalized spacial score (nSPS) is 42.6. The molecule has 0 saturated heterocycles. The van der Waals surface area contributed by atoms with E-state index in [1.807, 2.05) is 0 Å². The molecule has 3 nitrogen and oxygen atoms in total. The van der Waals surface area contributed by atoms with Crippen LogP contribution in [0.15, 0.2) is 0 Å². The highest BCUT2D eigenvalue weighted by Crippen LogP contribution is 2.60. The molecule has 4 saturated carbocycles. The number of carboxylic acids is 1. The molecule has 6 heteroatoms. The van der Waals surface area contributed by atoms with E-state index in [2.05, 4.69) is 0 Å². The summed E-state index contributed by atoms with van der Waals surface area (Å²) < 4.78 is 39.4. The highest BCUT2D eigenvalue weighted by molar-refractivity contribution is 5.72. The molecule has 4 bridgehead atoms. The molecule has 0 aliphatic heterocycles. The fourth-order valence-electron chi connectivity index (χ4n) is 5.47. The van der Waals surface area contributed by atoms with Crippen LogP contribution in [0.4, 0.5) is 13.2 Å². The Hall–Kier alpha value is -0.780. The van der Waals surface area contributed by atoms with Gasteiger partial charge in [-0.05, 0) is 68.6 Å². The van der Waals surface area contributed by atoms with E-state index in [-0.39, 0.29) is 11.8 Å². The maximum absolute atomic E-state index is 13.1. The van der Waals surface area contributed by atoms with Crippen molar-refractivity contribution < 1.29 is 28.2 Å². The van der Waals surface area contributed by atoms with Gasteiger partial charge in [-0.2, -0.15) is 13.2 Å². The van der Waals surface area contributed by atoms with Crippen LogP contribution in [-0.2, 0) is 4.79 Å². The molecular weight excluding hydrogens is 285 g/mol. The maximum atomic E-state index is 13.1. The van der Waals surface area contributed by atoms with Gasteiger partial charge < -0.3 is 10.2 Å². The summed E-state index contributed by atoms with van der Waals surface area (Å²) in [6.07, 6.45) is -0.465. The van der Waals surface area contributed by atoms with E-state index in [1.165, 1.54) is 0 Å². The summed E-state index contributed by atoms with van der Waals surface area (Å²) in [6, 6.07) is 0. The Kier molecular flexibility index (Phi) is 3.32. The number of carbonyl (C=O) groups is 1. The second-order valence-corrected chi connectivity index (χ2v) is 7.47. The van der Waals surface area contributed by atoms with E-state index in [9.17, 15) is 28.2 Å². The van der Waals surface area contributed by atoms with Crippen molar-refractivity contribution in [2.45, 2.75) is 50.8 Å². The second-order valence-electron chi connectivity index (χ2n) is 7.47. The Morgan fingerprint density at radius 1 is 1.05 bits per heavy atom. The van der Waals surface area contributed by atoms with Gasteiger partial charge >= 0.3 is 12.1 Å². The lowest BCUT2D eigenvalue weighted by atomic mass is 9.48. The van der Waals surface area contributed by atoms with Crippen molar-refractivity contribution in [3.05, 3.63) is 0 Å². The number of alkyl halides is 3. The van der Waals surface area contributed by atoms with Gasteiger partial charge in [-0.3, -0.25) is 4.79 Å². The number of carboxylic acid groups (broad SMARTS) is 1. The van der Waals surface area contributed by atoms with Crippen LogP contribution in [0, 0.1) is 35.5 Å². The van der Waals surface area contributed by atoms with Gasteiger partial charge in [-0.25, -0.2) is 0 Å². The molecule has 0 radical (unpaired) electrons. The molecule has 4 fully saturated rings. The molecule has 2 atom stereocenters. The molecule has 0 aromatic rings. The van der Waals surface area contributed by atoms with Gasteiger partial charge in [0, 0.05) is 0 Å². The highest BCUT2D eigenvalue weighted by atomic mass is 19.4. The van der Waals surface area contributed by atoms with Crippen LogP contribution in [0.25, 0.3) is 0 Å². The first-order valence-corrected chi connectivity index (χ1v) is 7.63. The lowest BCUT2D eigenvalue weighted by Crippen LogP contribution is -2.59. The Balaban J connectivity index is 1.94. The first-order chi connectivity index (χ1) is 9.61. The van der Waals surface area contributed by atoms with E-state index in [0.717, 1.165) is 32.1 Å². The molecule has 21 heavy (non-hydrogen) atoms. The third kappa shape index (κ3) is 2.26. The summed E-state index contributed by atoms with van der Waals surface area (Å²) in [4.78, 5) is 11.6. The van der Waals surface area contributed by atoms with Crippen molar-refractivity contribution in [1.29, 1.82) is 0 Å². The summed E-state index contributed by atoms with van der Waals surface area (Å²) in [5.41, 5.74) is -3.17. The summed E-state index contributed by atoms with van der Waals surface area (Å²) in [5, 5.41) is 19.4. The van der Waals surface area contributed by atoms with Gasteiger partial charge in [0.25, 0.3) is 0 Å². The van der Waals surface area contributed by atoms with Crippen LogP contribution >= 0.6 is 0 Å². The predicted molar refractivity (Wildman–Crippen MR) is 68.3 cm³/mol. The minimum atomic E-state index is -4.93. The first kappa shape index (κ1) is 15.1. The van der Waals surface area contributed by atoms with E-state index < -0.39 is 29.6 Å². The van der Waals surface area contributed by atoms with Crippen LogP contribution in [0.1, 0.15) is 39.0 Å². The molecule has 2 unspecified atom stereocenters. The maximum Gasteiger partial charge on any atom is 0.417 e.